The first-order chi connectivity index (χ1) is 13.7. The molecule has 0 bridgehead atoms. The molecule has 5 nitrogen and oxygen atoms in total. The lowest BCUT2D eigenvalue weighted by Crippen LogP contribution is -2.46. The van der Waals surface area contributed by atoms with Crippen molar-refractivity contribution in [2.24, 2.45) is 11.8 Å². The topological polar surface area (TPSA) is 41.4 Å². The third-order valence-electron chi connectivity index (χ3n) is 6.66. The molecule has 2 aliphatic rings. The zero-order chi connectivity index (χ0) is 19.5. The van der Waals surface area contributed by atoms with Crippen molar-refractivity contribution >= 4 is 16.9 Å². The van der Waals surface area contributed by atoms with Gasteiger partial charge in [0.05, 0.1) is 0 Å². The maximum absolute atomic E-state index is 12.9. The summed E-state index contributed by atoms with van der Waals surface area (Å²) in [7, 11) is 0. The first-order valence-electron chi connectivity index (χ1n) is 11.1. The van der Waals surface area contributed by atoms with Crippen molar-refractivity contribution in [1.29, 1.82) is 0 Å². The minimum absolute atomic E-state index is 0.243. The van der Waals surface area contributed by atoms with Gasteiger partial charge in [0, 0.05) is 49.9 Å². The number of aryl methyl sites for hydroxylation is 1. The number of likely N-dealkylation sites (tertiary alicyclic amines) is 2. The van der Waals surface area contributed by atoms with E-state index in [4.69, 9.17) is 0 Å². The fourth-order valence-corrected chi connectivity index (χ4v) is 4.97. The van der Waals surface area contributed by atoms with Crippen LogP contribution in [0.25, 0.3) is 11.0 Å². The van der Waals surface area contributed by atoms with Gasteiger partial charge in [-0.15, -0.1) is 0 Å². The number of hydrogen-bond acceptors (Lipinski definition) is 3. The Bertz CT molecular complexity index is 806. The number of hydrogen-bond donors (Lipinski definition) is 0. The zero-order valence-electron chi connectivity index (χ0n) is 17.4. The molecular weight excluding hydrogens is 348 g/mol. The van der Waals surface area contributed by atoms with E-state index in [9.17, 15) is 4.79 Å². The first-order valence-corrected chi connectivity index (χ1v) is 11.1. The third kappa shape index (κ3) is 4.09. The van der Waals surface area contributed by atoms with Gasteiger partial charge in [0.15, 0.2) is 0 Å². The SMILES string of the molecule is CCn1cc(CCN2CCC(C(=O)N3CCC[C@@H](C)C3)CC2)c2cccnc21. The van der Waals surface area contributed by atoms with Gasteiger partial charge >= 0.3 is 0 Å². The van der Waals surface area contributed by atoms with Crippen LogP contribution in [0.2, 0.25) is 0 Å². The molecule has 0 aromatic carbocycles. The van der Waals surface area contributed by atoms with Crippen LogP contribution in [0.5, 0.6) is 0 Å². The molecule has 2 aromatic rings. The molecule has 0 aliphatic carbocycles. The molecule has 0 unspecified atom stereocenters. The van der Waals surface area contributed by atoms with Gasteiger partial charge in [0.1, 0.15) is 5.65 Å². The van der Waals surface area contributed by atoms with Crippen LogP contribution in [-0.2, 0) is 17.8 Å². The molecule has 1 atom stereocenters. The molecule has 0 spiro atoms. The van der Waals surface area contributed by atoms with Crippen molar-refractivity contribution in [3.05, 3.63) is 30.1 Å². The Hall–Kier alpha value is -1.88. The molecule has 5 heteroatoms. The van der Waals surface area contributed by atoms with Gasteiger partial charge in [-0.2, -0.15) is 0 Å². The van der Waals surface area contributed by atoms with Crippen molar-refractivity contribution in [2.75, 3.05) is 32.7 Å². The van der Waals surface area contributed by atoms with E-state index in [1.54, 1.807) is 0 Å². The predicted octanol–water partition coefficient (Wildman–Crippen LogP) is 3.57. The average molecular weight is 383 g/mol. The van der Waals surface area contributed by atoms with E-state index in [1.165, 1.54) is 23.8 Å². The van der Waals surface area contributed by atoms with Crippen molar-refractivity contribution < 1.29 is 4.79 Å². The monoisotopic (exact) mass is 382 g/mol. The Kier molecular flexibility index (Phi) is 6.00. The quantitative estimate of drug-likeness (QED) is 0.794. The number of nitrogens with zero attached hydrogens (tertiary/aromatic N) is 4. The molecule has 4 heterocycles. The number of carbonyl (C=O) groups excluding carboxylic acids is 1. The van der Waals surface area contributed by atoms with Gasteiger partial charge in [-0.1, -0.05) is 6.92 Å². The summed E-state index contributed by atoms with van der Waals surface area (Å²) in [6, 6.07) is 4.22. The normalized spacial score (nSPS) is 22.1. The summed E-state index contributed by atoms with van der Waals surface area (Å²) < 4.78 is 2.25. The Morgan fingerprint density at radius 1 is 1.21 bits per heavy atom. The molecule has 2 saturated heterocycles. The van der Waals surface area contributed by atoms with Crippen molar-refractivity contribution in [3.63, 3.8) is 0 Å². The first kappa shape index (κ1) is 19.4. The Morgan fingerprint density at radius 3 is 2.79 bits per heavy atom. The lowest BCUT2D eigenvalue weighted by atomic mass is 9.92. The minimum Gasteiger partial charge on any atom is -0.342 e. The fourth-order valence-electron chi connectivity index (χ4n) is 4.97. The van der Waals surface area contributed by atoms with Crippen LogP contribution < -0.4 is 0 Å². The summed E-state index contributed by atoms with van der Waals surface area (Å²) in [6.07, 6.45) is 9.67. The van der Waals surface area contributed by atoms with E-state index in [0.717, 1.165) is 64.2 Å². The largest absolute Gasteiger partial charge is 0.342 e. The van der Waals surface area contributed by atoms with Crippen LogP contribution in [0, 0.1) is 11.8 Å². The Balaban J connectivity index is 1.30. The third-order valence-corrected chi connectivity index (χ3v) is 6.66. The summed E-state index contributed by atoms with van der Waals surface area (Å²) in [5.74, 6) is 1.33. The van der Waals surface area contributed by atoms with Gasteiger partial charge in [0.25, 0.3) is 0 Å². The van der Waals surface area contributed by atoms with E-state index < -0.39 is 0 Å². The summed E-state index contributed by atoms with van der Waals surface area (Å²) in [4.78, 5) is 22.1. The van der Waals surface area contributed by atoms with Crippen LogP contribution in [0.1, 0.15) is 45.1 Å². The molecule has 4 rings (SSSR count). The highest BCUT2D eigenvalue weighted by atomic mass is 16.2. The summed E-state index contributed by atoms with van der Waals surface area (Å²) in [5, 5.41) is 1.29. The summed E-state index contributed by atoms with van der Waals surface area (Å²) in [6.45, 7) is 10.5. The van der Waals surface area contributed by atoms with Gasteiger partial charge in [0.2, 0.25) is 5.91 Å². The second-order valence-electron chi connectivity index (χ2n) is 8.71. The maximum atomic E-state index is 12.9. The molecule has 2 aliphatic heterocycles. The number of aromatic nitrogens is 2. The Morgan fingerprint density at radius 2 is 2.04 bits per heavy atom. The molecular formula is C23H34N4O. The van der Waals surface area contributed by atoms with Crippen molar-refractivity contribution in [1.82, 2.24) is 19.4 Å². The van der Waals surface area contributed by atoms with Crippen molar-refractivity contribution in [2.45, 2.75) is 52.5 Å². The van der Waals surface area contributed by atoms with Crippen LogP contribution in [-0.4, -0.2) is 58.0 Å². The van der Waals surface area contributed by atoms with E-state index in [-0.39, 0.29) is 5.92 Å². The number of amides is 1. The van der Waals surface area contributed by atoms with Gasteiger partial charge < -0.3 is 14.4 Å². The zero-order valence-corrected chi connectivity index (χ0v) is 17.4. The summed E-state index contributed by atoms with van der Waals surface area (Å²) >= 11 is 0. The highest BCUT2D eigenvalue weighted by molar-refractivity contribution is 5.80. The molecule has 152 valence electrons. The summed E-state index contributed by atoms with van der Waals surface area (Å²) in [5.41, 5.74) is 2.49. The lowest BCUT2D eigenvalue weighted by molar-refractivity contribution is -0.138. The van der Waals surface area contributed by atoms with Crippen LogP contribution in [0.3, 0.4) is 0 Å². The number of rotatable bonds is 5. The molecule has 1 amide bonds. The maximum Gasteiger partial charge on any atom is 0.225 e. The fraction of sp³-hybridized carbons (Fsp3) is 0.652. The molecule has 0 saturated carbocycles. The lowest BCUT2D eigenvalue weighted by Gasteiger charge is -2.37. The Labute approximate surface area is 168 Å². The molecule has 28 heavy (non-hydrogen) atoms. The van der Waals surface area contributed by atoms with E-state index in [0.29, 0.717) is 11.8 Å². The molecule has 0 N–H and O–H groups in total. The van der Waals surface area contributed by atoms with Crippen LogP contribution in [0.15, 0.2) is 24.5 Å². The second kappa shape index (κ2) is 8.64. The van der Waals surface area contributed by atoms with Gasteiger partial charge in [-0.05, 0) is 75.7 Å². The van der Waals surface area contributed by atoms with Gasteiger partial charge in [-0.25, -0.2) is 4.98 Å². The highest BCUT2D eigenvalue weighted by Gasteiger charge is 2.30. The number of pyridine rings is 1. The smallest absolute Gasteiger partial charge is 0.225 e. The molecule has 0 radical (unpaired) electrons. The average Bonchev–Trinajstić information content (AvgIpc) is 3.10. The second-order valence-corrected chi connectivity index (χ2v) is 8.71. The van der Waals surface area contributed by atoms with Crippen molar-refractivity contribution in [3.8, 4) is 0 Å². The number of carbonyl (C=O) groups is 1. The number of piperidine rings is 2. The van der Waals surface area contributed by atoms with Crippen LogP contribution >= 0.6 is 0 Å². The van der Waals surface area contributed by atoms with Crippen LogP contribution in [0.4, 0.5) is 0 Å². The predicted molar refractivity (Wildman–Crippen MR) is 113 cm³/mol. The molecule has 2 fully saturated rings. The van der Waals surface area contributed by atoms with E-state index in [1.807, 2.05) is 12.3 Å². The standard InChI is InChI=1S/C23H34N4O/c1-3-26-17-20(21-7-4-11-24-22(21)26)10-15-25-13-8-19(9-14-25)23(28)27-12-5-6-18(2)16-27/h4,7,11,17-19H,3,5-6,8-10,12-16H2,1-2H3/t18-/m1/s1. The minimum atomic E-state index is 0.243. The van der Waals surface area contributed by atoms with E-state index >= 15 is 0 Å². The number of fused-ring (bicyclic) bond motifs is 1. The molecule has 2 aromatic heterocycles. The highest BCUT2D eigenvalue weighted by Crippen LogP contribution is 2.25. The van der Waals surface area contributed by atoms with E-state index in [2.05, 4.69) is 45.5 Å². The van der Waals surface area contributed by atoms with Gasteiger partial charge in [-0.3, -0.25) is 4.79 Å².